The summed E-state index contributed by atoms with van der Waals surface area (Å²) in [6.07, 6.45) is 0.695. The predicted molar refractivity (Wildman–Crippen MR) is 148 cm³/mol. The largest absolute Gasteiger partial charge is 0.508 e. The van der Waals surface area contributed by atoms with Crippen LogP contribution < -0.4 is 9.64 Å². The molecule has 7 heteroatoms. The van der Waals surface area contributed by atoms with Gasteiger partial charge < -0.3 is 24.6 Å². The maximum absolute atomic E-state index is 14.8. The molecule has 2 heterocycles. The molecular formula is C30H34FN3O3. The number of hydrogen-bond acceptors (Lipinski definition) is 5. The van der Waals surface area contributed by atoms with Crippen LogP contribution in [0.4, 0.5) is 10.1 Å². The Morgan fingerprint density at radius 3 is 2.38 bits per heavy atom. The van der Waals surface area contributed by atoms with Crippen molar-refractivity contribution in [3.63, 3.8) is 0 Å². The Morgan fingerprint density at radius 2 is 1.73 bits per heavy atom. The number of hydrogen-bond donors (Lipinski definition) is 2. The van der Waals surface area contributed by atoms with E-state index in [-0.39, 0.29) is 11.7 Å². The van der Waals surface area contributed by atoms with Crippen molar-refractivity contribution in [2.75, 3.05) is 45.2 Å². The van der Waals surface area contributed by atoms with Crippen LogP contribution in [0, 0.1) is 5.82 Å². The number of aromatic amines is 1. The zero-order valence-electron chi connectivity index (χ0n) is 21.8. The fourth-order valence-corrected chi connectivity index (χ4v) is 4.63. The van der Waals surface area contributed by atoms with Crippen LogP contribution in [0.5, 0.6) is 11.5 Å². The molecule has 1 aliphatic rings. The van der Waals surface area contributed by atoms with Crippen LogP contribution in [-0.4, -0.2) is 61.6 Å². The van der Waals surface area contributed by atoms with Gasteiger partial charge in [0.1, 0.15) is 11.5 Å². The number of carbonyl (C=O) groups is 1. The molecule has 1 aliphatic heterocycles. The number of phenols is 1. The second-order valence-corrected chi connectivity index (χ2v) is 9.62. The van der Waals surface area contributed by atoms with Crippen LogP contribution >= 0.6 is 0 Å². The molecular weight excluding hydrogens is 469 g/mol. The fraction of sp³-hybridized carbons (Fsp3) is 0.300. The smallest absolute Gasteiger partial charge is 0.166 e. The van der Waals surface area contributed by atoms with Crippen molar-refractivity contribution in [1.82, 2.24) is 9.88 Å². The third-order valence-electron chi connectivity index (χ3n) is 6.75. The Morgan fingerprint density at radius 1 is 1.00 bits per heavy atom. The zero-order chi connectivity index (χ0) is 26.5. The molecule has 0 aliphatic carbocycles. The summed E-state index contributed by atoms with van der Waals surface area (Å²) in [6, 6.07) is 18.6. The molecule has 0 amide bonds. The highest BCUT2D eigenvalue weighted by Crippen LogP contribution is 2.39. The van der Waals surface area contributed by atoms with Crippen LogP contribution in [0.2, 0.25) is 0 Å². The monoisotopic (exact) mass is 503 g/mol. The van der Waals surface area contributed by atoms with E-state index in [4.69, 9.17) is 4.74 Å². The number of methoxy groups -OCH3 is 1. The normalized spacial score (nSPS) is 13.9. The van der Waals surface area contributed by atoms with E-state index < -0.39 is 0 Å². The van der Waals surface area contributed by atoms with Gasteiger partial charge in [-0.2, -0.15) is 0 Å². The third-order valence-corrected chi connectivity index (χ3v) is 6.75. The molecule has 6 nitrogen and oxygen atoms in total. The van der Waals surface area contributed by atoms with Crippen molar-refractivity contribution in [3.8, 4) is 22.6 Å². The lowest BCUT2D eigenvalue weighted by Crippen LogP contribution is -2.44. The van der Waals surface area contributed by atoms with E-state index in [1.807, 2.05) is 62.4 Å². The van der Waals surface area contributed by atoms with E-state index in [1.54, 1.807) is 19.2 Å². The highest BCUT2D eigenvalue weighted by atomic mass is 19.1. The summed E-state index contributed by atoms with van der Waals surface area (Å²) in [5.41, 5.74) is 4.18. The van der Waals surface area contributed by atoms with Crippen molar-refractivity contribution >= 4 is 22.9 Å². The number of aldehydes is 1. The SMILES string of the molecule is CN1CCN(c2cccc(O)c2)CC1.COc1ccccc1-c1cc(C(C)C)c(F)c2[nH]c(C=O)cc12. The molecule has 1 fully saturated rings. The molecule has 0 atom stereocenters. The van der Waals surface area contributed by atoms with Crippen LogP contribution in [0.1, 0.15) is 35.8 Å². The quantitative estimate of drug-likeness (QED) is 0.324. The van der Waals surface area contributed by atoms with Gasteiger partial charge in [-0.1, -0.05) is 38.1 Å². The van der Waals surface area contributed by atoms with Gasteiger partial charge in [0, 0.05) is 48.9 Å². The average molecular weight is 504 g/mol. The molecule has 194 valence electrons. The standard InChI is InChI=1S/C19H18FNO2.C11H16N2O/c1-11(2)14-9-15(13-6-4-5-7-17(13)23-3)16-8-12(10-22)21-19(16)18(14)20;1-12-5-7-13(8-6-12)10-3-2-4-11(14)9-10/h4-11,21H,1-3H3;2-4,9,14H,5-8H2,1H3. The number of likely N-dealkylation sites (N-methyl/N-ethyl adjacent to an activating group) is 1. The minimum absolute atomic E-state index is 0.0239. The number of aromatic hydroxyl groups is 1. The van der Waals surface area contributed by atoms with E-state index in [0.717, 1.165) is 43.0 Å². The lowest BCUT2D eigenvalue weighted by atomic mass is 9.93. The molecule has 0 unspecified atom stereocenters. The number of H-pyrrole nitrogens is 1. The number of para-hydroxylation sites is 1. The lowest BCUT2D eigenvalue weighted by molar-refractivity contribution is 0.111. The molecule has 0 radical (unpaired) electrons. The molecule has 2 N–H and O–H groups in total. The Hall–Kier alpha value is -3.84. The minimum Gasteiger partial charge on any atom is -0.508 e. The van der Waals surface area contributed by atoms with Crippen molar-refractivity contribution in [1.29, 1.82) is 0 Å². The molecule has 5 rings (SSSR count). The third kappa shape index (κ3) is 5.78. The number of piperazine rings is 1. The van der Waals surface area contributed by atoms with Crippen LogP contribution in [0.3, 0.4) is 0 Å². The lowest BCUT2D eigenvalue weighted by Gasteiger charge is -2.34. The second kappa shape index (κ2) is 11.5. The first-order chi connectivity index (χ1) is 17.8. The first kappa shape index (κ1) is 26.2. The molecule has 0 saturated carbocycles. The summed E-state index contributed by atoms with van der Waals surface area (Å²) in [5.74, 6) is 0.781. The summed E-state index contributed by atoms with van der Waals surface area (Å²) in [5, 5.41) is 10.0. The number of benzene rings is 3. The summed E-state index contributed by atoms with van der Waals surface area (Å²) >= 11 is 0. The first-order valence-electron chi connectivity index (χ1n) is 12.5. The van der Waals surface area contributed by atoms with E-state index in [9.17, 15) is 14.3 Å². The first-order valence-corrected chi connectivity index (χ1v) is 12.5. The van der Waals surface area contributed by atoms with Crippen molar-refractivity contribution in [2.45, 2.75) is 19.8 Å². The van der Waals surface area contributed by atoms with Gasteiger partial charge in [-0.05, 0) is 54.4 Å². The number of nitrogens with one attached hydrogen (secondary N) is 1. The molecule has 1 aromatic heterocycles. The fourth-order valence-electron chi connectivity index (χ4n) is 4.63. The summed E-state index contributed by atoms with van der Waals surface area (Å²) in [4.78, 5) is 18.6. The van der Waals surface area contributed by atoms with Crippen LogP contribution in [0.25, 0.3) is 22.0 Å². The van der Waals surface area contributed by atoms with Gasteiger partial charge in [0.05, 0.1) is 18.3 Å². The Bertz CT molecular complexity index is 1370. The van der Waals surface area contributed by atoms with Crippen LogP contribution in [-0.2, 0) is 0 Å². The molecule has 1 saturated heterocycles. The van der Waals surface area contributed by atoms with E-state index in [0.29, 0.717) is 39.9 Å². The Kier molecular flexibility index (Phi) is 8.14. The number of anilines is 1. The van der Waals surface area contributed by atoms with E-state index >= 15 is 0 Å². The Balaban J connectivity index is 0.000000195. The maximum atomic E-state index is 14.8. The van der Waals surface area contributed by atoms with Crippen molar-refractivity contribution in [3.05, 3.63) is 77.7 Å². The summed E-state index contributed by atoms with van der Waals surface area (Å²) < 4.78 is 20.2. The molecule has 4 aromatic rings. The summed E-state index contributed by atoms with van der Waals surface area (Å²) in [6.45, 7) is 8.16. The van der Waals surface area contributed by atoms with Gasteiger partial charge in [-0.3, -0.25) is 4.79 Å². The molecule has 0 spiro atoms. The number of nitrogens with zero attached hydrogens (tertiary/aromatic N) is 2. The number of carbonyl (C=O) groups excluding carboxylic acids is 1. The highest BCUT2D eigenvalue weighted by molar-refractivity contribution is 6.00. The molecule has 3 aromatic carbocycles. The number of aromatic nitrogens is 1. The van der Waals surface area contributed by atoms with Crippen LogP contribution in [0.15, 0.2) is 60.7 Å². The van der Waals surface area contributed by atoms with Gasteiger partial charge in [0.2, 0.25) is 0 Å². The highest BCUT2D eigenvalue weighted by Gasteiger charge is 2.19. The zero-order valence-corrected chi connectivity index (χ0v) is 21.8. The van der Waals surface area contributed by atoms with Gasteiger partial charge in [-0.25, -0.2) is 4.39 Å². The number of phenolic OH excluding ortho intramolecular Hbond substituents is 1. The summed E-state index contributed by atoms with van der Waals surface area (Å²) in [7, 11) is 3.75. The molecule has 37 heavy (non-hydrogen) atoms. The maximum Gasteiger partial charge on any atom is 0.166 e. The molecule has 0 bridgehead atoms. The van der Waals surface area contributed by atoms with E-state index in [1.165, 1.54) is 0 Å². The van der Waals surface area contributed by atoms with Crippen molar-refractivity contribution in [2.24, 2.45) is 0 Å². The number of halogens is 1. The number of ether oxygens (including phenoxy) is 1. The van der Waals surface area contributed by atoms with Gasteiger partial charge in [-0.15, -0.1) is 0 Å². The second-order valence-electron chi connectivity index (χ2n) is 9.62. The number of fused-ring (bicyclic) bond motifs is 1. The van der Waals surface area contributed by atoms with Gasteiger partial charge in [0.25, 0.3) is 0 Å². The average Bonchev–Trinajstić information content (AvgIpc) is 3.35. The van der Waals surface area contributed by atoms with Crippen molar-refractivity contribution < 1.29 is 19.0 Å². The van der Waals surface area contributed by atoms with Gasteiger partial charge >= 0.3 is 0 Å². The predicted octanol–water partition coefficient (Wildman–Crippen LogP) is 6.06. The Labute approximate surface area is 217 Å². The number of rotatable bonds is 5. The minimum atomic E-state index is -0.304. The van der Waals surface area contributed by atoms with E-state index in [2.05, 4.69) is 21.8 Å². The van der Waals surface area contributed by atoms with Gasteiger partial charge in [0.15, 0.2) is 12.1 Å². The topological polar surface area (TPSA) is 68.8 Å².